The van der Waals surface area contributed by atoms with Crippen LogP contribution < -0.4 is 20.7 Å². The van der Waals surface area contributed by atoms with E-state index in [0.29, 0.717) is 5.58 Å². The Balaban J connectivity index is 1.08. The minimum atomic E-state index is -3.49. The van der Waals surface area contributed by atoms with Gasteiger partial charge in [0.1, 0.15) is 22.7 Å². The van der Waals surface area contributed by atoms with E-state index in [-0.39, 0.29) is 0 Å². The minimum Gasteiger partial charge on any atom is -0.457 e. The predicted molar refractivity (Wildman–Crippen MR) is 274 cm³/mol. The molecule has 3 aromatic heterocycles. The molecular weight excluding hydrogens is 840 g/mol. The Bertz CT molecular complexity index is 4300. The largest absolute Gasteiger partial charge is 0.457 e. The topological polar surface area (TPSA) is 49.3 Å². The summed E-state index contributed by atoms with van der Waals surface area (Å²) in [6.07, 6.45) is 0. The lowest BCUT2D eigenvalue weighted by molar-refractivity contribution is 0.435. The molecule has 5 heterocycles. The normalized spacial score (nSPS) is 17.3. The zero-order valence-corrected chi connectivity index (χ0v) is 36.8. The Morgan fingerprint density at radius 1 is 0.373 bits per heavy atom. The van der Waals surface area contributed by atoms with Gasteiger partial charge in [0.05, 0.1) is 27.5 Å². The summed E-state index contributed by atoms with van der Waals surface area (Å²) >= 11 is 0. The van der Waals surface area contributed by atoms with Crippen LogP contribution in [0.15, 0.2) is 229 Å². The van der Waals surface area contributed by atoms with E-state index in [4.69, 9.17) is 9.15 Å². The third-order valence-electron chi connectivity index (χ3n) is 14.6. The van der Waals surface area contributed by atoms with Crippen LogP contribution in [0.25, 0.3) is 76.9 Å². The fourth-order valence-electron chi connectivity index (χ4n) is 11.9. The maximum absolute atomic E-state index is 16.7. The van der Waals surface area contributed by atoms with Gasteiger partial charge in [0.25, 0.3) is 0 Å². The van der Waals surface area contributed by atoms with Gasteiger partial charge in [-0.25, -0.2) is 0 Å². The van der Waals surface area contributed by atoms with Gasteiger partial charge in [-0.15, -0.1) is 0 Å². The van der Waals surface area contributed by atoms with Gasteiger partial charge in [-0.05, 0) is 65.7 Å². The first kappa shape index (κ1) is 36.9. The Hall–Kier alpha value is -8.37. The molecule has 2 unspecified atom stereocenters. The van der Waals surface area contributed by atoms with E-state index < -0.39 is 12.6 Å². The van der Waals surface area contributed by atoms with Crippen molar-refractivity contribution in [3.8, 4) is 22.9 Å². The van der Waals surface area contributed by atoms with Crippen LogP contribution in [0.3, 0.4) is 0 Å². The molecule has 67 heavy (non-hydrogen) atoms. The van der Waals surface area contributed by atoms with Gasteiger partial charge in [0, 0.05) is 76.8 Å². The molecule has 13 aromatic rings. The van der Waals surface area contributed by atoms with E-state index in [1.807, 2.05) is 54.6 Å². The highest BCUT2D eigenvalue weighted by molar-refractivity contribution is 7.85. The summed E-state index contributed by atoms with van der Waals surface area (Å²) < 4.78 is 35.3. The number of nitrogens with zero attached hydrogens (tertiary/aromatic N) is 2. The highest BCUT2D eigenvalue weighted by atomic mass is 31.2. The fourth-order valence-corrected chi connectivity index (χ4v) is 15.1. The molecule has 5 nitrogen and oxygen atoms in total. The van der Waals surface area contributed by atoms with Gasteiger partial charge in [-0.1, -0.05) is 164 Å². The summed E-state index contributed by atoms with van der Waals surface area (Å²) in [4.78, 5) is 0. The molecule has 314 valence electrons. The van der Waals surface area contributed by atoms with Gasteiger partial charge in [0.2, 0.25) is 0 Å². The lowest BCUT2D eigenvalue weighted by Crippen LogP contribution is -2.48. The maximum Gasteiger partial charge on any atom is 0.171 e. The lowest BCUT2D eigenvalue weighted by Gasteiger charge is -2.47. The molecule has 0 bridgehead atoms. The number of hydrogen-bond donors (Lipinski definition) is 0. The number of furan rings is 1. The molecule has 0 saturated heterocycles. The fraction of sp³-hybridized carbons (Fsp3) is 0.0164. The van der Waals surface area contributed by atoms with Crippen molar-refractivity contribution in [1.82, 2.24) is 9.13 Å². The average Bonchev–Trinajstić information content (AvgIpc) is 4.05. The van der Waals surface area contributed by atoms with Gasteiger partial charge >= 0.3 is 0 Å². The molecule has 0 saturated carbocycles. The number of aromatic nitrogens is 2. The average molecular weight is 877 g/mol. The Labute approximate surface area is 384 Å². The van der Waals surface area contributed by atoms with Crippen molar-refractivity contribution in [3.05, 3.63) is 247 Å². The van der Waals surface area contributed by atoms with Crippen molar-refractivity contribution >= 4 is 88.6 Å². The molecule has 2 aliphatic heterocycles. The first-order chi connectivity index (χ1) is 33.1. The smallest absolute Gasteiger partial charge is 0.171 e. The van der Waals surface area contributed by atoms with Crippen molar-refractivity contribution in [2.75, 3.05) is 0 Å². The Morgan fingerprint density at radius 2 is 0.955 bits per heavy atom. The number of rotatable bonds is 3. The van der Waals surface area contributed by atoms with Crippen LogP contribution in [0.2, 0.25) is 0 Å². The van der Waals surface area contributed by atoms with Gasteiger partial charge < -0.3 is 22.9 Å². The third kappa shape index (κ3) is 4.71. The summed E-state index contributed by atoms with van der Waals surface area (Å²) in [5.74, 6) is 1.50. The van der Waals surface area contributed by atoms with Crippen LogP contribution in [-0.4, -0.2) is 9.13 Å². The molecule has 0 fully saturated rings. The Morgan fingerprint density at radius 3 is 1.70 bits per heavy atom. The highest BCUT2D eigenvalue weighted by Gasteiger charge is 2.55. The second-order valence-electron chi connectivity index (χ2n) is 17.9. The van der Waals surface area contributed by atoms with Crippen LogP contribution in [0.1, 0.15) is 22.3 Å². The highest BCUT2D eigenvalue weighted by Crippen LogP contribution is 2.62. The number of benzene rings is 10. The molecule has 0 aliphatic carbocycles. The van der Waals surface area contributed by atoms with E-state index >= 15 is 4.57 Å². The molecule has 1 spiro atoms. The molecule has 0 radical (unpaired) electrons. The molecule has 0 N–H and O–H groups in total. The second kappa shape index (κ2) is 13.4. The second-order valence-corrected chi connectivity index (χ2v) is 20.6. The number of ether oxygens (including phenoxy) is 1. The summed E-state index contributed by atoms with van der Waals surface area (Å²) in [6.45, 7) is 0. The number of fused-ring (bicyclic) bond motifs is 18. The quantitative estimate of drug-likeness (QED) is 0.166. The van der Waals surface area contributed by atoms with Gasteiger partial charge in [0.15, 0.2) is 7.14 Å². The molecule has 2 aliphatic rings. The van der Waals surface area contributed by atoms with Crippen molar-refractivity contribution in [1.29, 1.82) is 0 Å². The van der Waals surface area contributed by atoms with Gasteiger partial charge in [-0.3, -0.25) is 0 Å². The zero-order chi connectivity index (χ0) is 44.0. The zero-order valence-electron chi connectivity index (χ0n) is 35.9. The van der Waals surface area contributed by atoms with Crippen molar-refractivity contribution in [2.45, 2.75) is 5.41 Å². The van der Waals surface area contributed by atoms with E-state index in [1.165, 1.54) is 21.5 Å². The number of hydrogen-bond acceptors (Lipinski definition) is 3. The van der Waals surface area contributed by atoms with Crippen LogP contribution in [0.4, 0.5) is 0 Å². The molecule has 10 aromatic carbocycles. The lowest BCUT2D eigenvalue weighted by atomic mass is 9.63. The third-order valence-corrected chi connectivity index (χ3v) is 17.8. The molecule has 0 amide bonds. The van der Waals surface area contributed by atoms with Crippen LogP contribution in [0, 0.1) is 0 Å². The monoisotopic (exact) mass is 876 g/mol. The first-order valence-corrected chi connectivity index (χ1v) is 24.5. The van der Waals surface area contributed by atoms with E-state index in [0.717, 1.165) is 99.5 Å². The summed E-state index contributed by atoms with van der Waals surface area (Å²) in [7, 11) is -3.49. The standard InChI is InChI=1S/C61H37N2O3P/c64-67(40-19-5-2-6-20-40)57-30-16-11-25-49(57)61(50-36-46-43-23-9-14-28-53(43)65-55(46)37-58(50)67)47-24-10-15-29-54(47)66-56-35-39(31-34-48(56)61)63-52-27-13-8-22-42(52)45-33-32-44-41-21-7-12-26-51(41)62(59(44)60(45)63)38-17-3-1-4-18-38/h1-37H. The SMILES string of the molecule is O=P1(c2ccccc2)c2ccccc2C2(c3ccccc3Oc3cc(-n4c5ccccc5c5ccc6c7ccccc7n(-c7ccccc7)c6c54)ccc32)c2cc3c(cc21)oc1ccccc13. The van der Waals surface area contributed by atoms with Crippen LogP contribution in [-0.2, 0) is 9.98 Å². The maximum atomic E-state index is 16.7. The minimum absolute atomic E-state index is 0.715. The summed E-state index contributed by atoms with van der Waals surface area (Å²) in [5, 5.41) is 9.12. The number of para-hydroxylation sites is 5. The van der Waals surface area contributed by atoms with E-state index in [9.17, 15) is 0 Å². The molecule has 6 heteroatoms. The van der Waals surface area contributed by atoms with E-state index in [1.54, 1.807) is 0 Å². The van der Waals surface area contributed by atoms with Crippen LogP contribution >= 0.6 is 7.14 Å². The predicted octanol–water partition coefficient (Wildman–Crippen LogP) is 14.2. The molecule has 2 atom stereocenters. The van der Waals surface area contributed by atoms with Crippen molar-refractivity contribution < 1.29 is 13.7 Å². The van der Waals surface area contributed by atoms with Gasteiger partial charge in [-0.2, -0.15) is 0 Å². The van der Waals surface area contributed by atoms with Crippen molar-refractivity contribution in [3.63, 3.8) is 0 Å². The van der Waals surface area contributed by atoms with Crippen molar-refractivity contribution in [2.24, 2.45) is 0 Å². The Kier molecular flexibility index (Phi) is 7.36. The van der Waals surface area contributed by atoms with E-state index in [2.05, 4.69) is 179 Å². The summed E-state index contributed by atoms with van der Waals surface area (Å²) in [6, 6.07) is 78.8. The molecule has 15 rings (SSSR count). The van der Waals surface area contributed by atoms with Crippen LogP contribution in [0.5, 0.6) is 11.5 Å². The first-order valence-electron chi connectivity index (χ1n) is 22.8. The summed E-state index contributed by atoms with van der Waals surface area (Å²) in [5.41, 5.74) is 11.1. The molecular formula is C61H37N2O3P.